The van der Waals surface area contributed by atoms with Gasteiger partial charge >= 0.3 is 5.97 Å². The zero-order chi connectivity index (χ0) is 11.0. The van der Waals surface area contributed by atoms with E-state index in [0.29, 0.717) is 0 Å². The van der Waals surface area contributed by atoms with Gasteiger partial charge in [-0.3, -0.25) is 4.79 Å². The normalized spacial score (nSPS) is 10.8. The highest BCUT2D eigenvalue weighted by Crippen LogP contribution is 2.27. The van der Waals surface area contributed by atoms with Crippen LogP contribution in [0, 0.1) is 6.92 Å². The van der Waals surface area contributed by atoms with Crippen LogP contribution in [0.15, 0.2) is 22.8 Å². The van der Waals surface area contributed by atoms with Crippen LogP contribution in [0.1, 0.15) is 11.1 Å². The van der Waals surface area contributed by atoms with Crippen molar-refractivity contribution in [2.45, 2.75) is 13.3 Å². The number of carboxylic acids is 1. The Morgan fingerprint density at radius 2 is 2.27 bits per heavy atom. The lowest BCUT2D eigenvalue weighted by molar-refractivity contribution is -0.136. The van der Waals surface area contributed by atoms with Crippen molar-refractivity contribution >= 4 is 32.8 Å². The van der Waals surface area contributed by atoms with E-state index in [9.17, 15) is 4.79 Å². The summed E-state index contributed by atoms with van der Waals surface area (Å²) in [4.78, 5) is 13.7. The number of nitrogens with one attached hydrogen (secondary N) is 1. The molecule has 0 aliphatic carbocycles. The van der Waals surface area contributed by atoms with E-state index in [-0.39, 0.29) is 6.42 Å². The number of fused-ring (bicyclic) bond motifs is 1. The van der Waals surface area contributed by atoms with E-state index in [0.717, 1.165) is 26.5 Å². The van der Waals surface area contributed by atoms with Crippen LogP contribution in [0.5, 0.6) is 0 Å². The van der Waals surface area contributed by atoms with Crippen molar-refractivity contribution in [2.75, 3.05) is 0 Å². The third-order valence-corrected chi connectivity index (χ3v) is 2.94. The molecule has 0 radical (unpaired) electrons. The van der Waals surface area contributed by atoms with E-state index in [1.54, 1.807) is 6.20 Å². The lowest BCUT2D eigenvalue weighted by Gasteiger charge is -1.99. The zero-order valence-corrected chi connectivity index (χ0v) is 9.76. The molecule has 15 heavy (non-hydrogen) atoms. The largest absolute Gasteiger partial charge is 0.481 e. The van der Waals surface area contributed by atoms with Crippen LogP contribution in [0.2, 0.25) is 0 Å². The summed E-state index contributed by atoms with van der Waals surface area (Å²) >= 11 is 3.45. The number of aliphatic carboxylic acids is 1. The molecule has 4 heteroatoms. The molecule has 0 amide bonds. The van der Waals surface area contributed by atoms with Gasteiger partial charge in [-0.05, 0) is 46.1 Å². The molecule has 1 aromatic carbocycles. The standard InChI is InChI=1S/C11H10BrNO2/c1-6-2-8-7(4-10(14)15)5-13-11(8)9(12)3-6/h2-3,5,13H,4H2,1H3,(H,14,15). The first kappa shape index (κ1) is 10.2. The van der Waals surface area contributed by atoms with Gasteiger partial charge in [0.25, 0.3) is 0 Å². The Bertz CT molecular complexity index is 531. The quantitative estimate of drug-likeness (QED) is 0.879. The van der Waals surface area contributed by atoms with E-state index in [4.69, 9.17) is 5.11 Å². The SMILES string of the molecule is Cc1cc(Br)c2[nH]cc(CC(=O)O)c2c1. The average Bonchev–Trinajstić information content (AvgIpc) is 2.48. The molecule has 0 saturated heterocycles. The Balaban J connectivity index is 2.63. The lowest BCUT2D eigenvalue weighted by Crippen LogP contribution is -1.98. The first-order valence-electron chi connectivity index (χ1n) is 4.56. The second-order valence-corrected chi connectivity index (χ2v) is 4.41. The fraction of sp³-hybridized carbons (Fsp3) is 0.182. The van der Waals surface area contributed by atoms with Gasteiger partial charge in [0.1, 0.15) is 0 Å². The summed E-state index contributed by atoms with van der Waals surface area (Å²) in [6.45, 7) is 1.99. The summed E-state index contributed by atoms with van der Waals surface area (Å²) in [5.74, 6) is -0.812. The van der Waals surface area contributed by atoms with E-state index in [1.807, 2.05) is 19.1 Å². The fourth-order valence-corrected chi connectivity index (χ4v) is 2.38. The van der Waals surface area contributed by atoms with Gasteiger partial charge < -0.3 is 10.1 Å². The molecule has 0 fully saturated rings. The molecule has 0 unspecified atom stereocenters. The number of hydrogen-bond donors (Lipinski definition) is 2. The monoisotopic (exact) mass is 267 g/mol. The van der Waals surface area contributed by atoms with Gasteiger partial charge in [-0.2, -0.15) is 0 Å². The van der Waals surface area contributed by atoms with E-state index < -0.39 is 5.97 Å². The summed E-state index contributed by atoms with van der Waals surface area (Å²) < 4.78 is 0.967. The minimum Gasteiger partial charge on any atom is -0.481 e. The van der Waals surface area contributed by atoms with Crippen LogP contribution in [0.4, 0.5) is 0 Å². The molecular weight excluding hydrogens is 258 g/mol. The molecule has 2 N–H and O–H groups in total. The second kappa shape index (κ2) is 3.70. The molecule has 0 bridgehead atoms. The molecule has 3 nitrogen and oxygen atoms in total. The molecular formula is C11H10BrNO2. The van der Waals surface area contributed by atoms with Crippen molar-refractivity contribution in [3.05, 3.63) is 33.9 Å². The van der Waals surface area contributed by atoms with Crippen molar-refractivity contribution in [1.29, 1.82) is 0 Å². The fourth-order valence-electron chi connectivity index (χ4n) is 1.69. The summed E-state index contributed by atoms with van der Waals surface area (Å²) in [7, 11) is 0. The predicted octanol–water partition coefficient (Wildman–Crippen LogP) is 2.87. The van der Waals surface area contributed by atoms with Crippen LogP contribution in [0.3, 0.4) is 0 Å². The number of aromatic amines is 1. The molecule has 0 spiro atoms. The number of halogens is 1. The Kier molecular flexibility index (Phi) is 2.52. The summed E-state index contributed by atoms with van der Waals surface area (Å²) in [5, 5.41) is 9.73. The molecule has 1 heterocycles. The van der Waals surface area contributed by atoms with Crippen molar-refractivity contribution in [2.24, 2.45) is 0 Å². The molecule has 2 aromatic rings. The van der Waals surface area contributed by atoms with Gasteiger partial charge in [-0.25, -0.2) is 0 Å². The van der Waals surface area contributed by atoms with E-state index >= 15 is 0 Å². The number of hydrogen-bond acceptors (Lipinski definition) is 1. The van der Waals surface area contributed by atoms with Gasteiger partial charge in [0.15, 0.2) is 0 Å². The number of aromatic nitrogens is 1. The summed E-state index contributed by atoms with van der Waals surface area (Å²) in [6.07, 6.45) is 1.80. The van der Waals surface area contributed by atoms with E-state index in [1.165, 1.54) is 0 Å². The number of carbonyl (C=O) groups is 1. The molecule has 0 saturated carbocycles. The maximum Gasteiger partial charge on any atom is 0.307 e. The van der Waals surface area contributed by atoms with Crippen LogP contribution < -0.4 is 0 Å². The minimum atomic E-state index is -0.812. The molecule has 1 aromatic heterocycles. The highest BCUT2D eigenvalue weighted by atomic mass is 79.9. The highest BCUT2D eigenvalue weighted by Gasteiger charge is 2.09. The van der Waals surface area contributed by atoms with Gasteiger partial charge in [0.05, 0.1) is 11.9 Å². The zero-order valence-electron chi connectivity index (χ0n) is 8.17. The van der Waals surface area contributed by atoms with Gasteiger partial charge in [-0.1, -0.05) is 0 Å². The molecule has 0 atom stereocenters. The number of aryl methyl sites for hydroxylation is 1. The van der Waals surface area contributed by atoms with Gasteiger partial charge in [-0.15, -0.1) is 0 Å². The number of H-pyrrole nitrogens is 1. The second-order valence-electron chi connectivity index (χ2n) is 3.55. The van der Waals surface area contributed by atoms with Crippen LogP contribution in [0.25, 0.3) is 10.9 Å². The summed E-state index contributed by atoms with van der Waals surface area (Å²) in [5.41, 5.74) is 2.89. The maximum atomic E-state index is 10.7. The maximum absolute atomic E-state index is 10.7. The van der Waals surface area contributed by atoms with E-state index in [2.05, 4.69) is 20.9 Å². The lowest BCUT2D eigenvalue weighted by atomic mass is 10.1. The Hall–Kier alpha value is -1.29. The van der Waals surface area contributed by atoms with Crippen molar-refractivity contribution < 1.29 is 9.90 Å². The first-order chi connectivity index (χ1) is 7.08. The number of carboxylic acid groups (broad SMARTS) is 1. The Labute approximate surface area is 95.2 Å². The first-order valence-corrected chi connectivity index (χ1v) is 5.35. The van der Waals surface area contributed by atoms with Crippen LogP contribution >= 0.6 is 15.9 Å². The molecule has 0 aliphatic heterocycles. The minimum absolute atomic E-state index is 0.0515. The molecule has 78 valence electrons. The van der Waals surface area contributed by atoms with Crippen LogP contribution in [-0.2, 0) is 11.2 Å². The van der Waals surface area contributed by atoms with Gasteiger partial charge in [0.2, 0.25) is 0 Å². The highest BCUT2D eigenvalue weighted by molar-refractivity contribution is 9.10. The topological polar surface area (TPSA) is 53.1 Å². The average molecular weight is 268 g/mol. The predicted molar refractivity (Wildman–Crippen MR) is 62.1 cm³/mol. The summed E-state index contributed by atoms with van der Waals surface area (Å²) in [6, 6.07) is 4.00. The third kappa shape index (κ3) is 1.90. The molecule has 2 rings (SSSR count). The Morgan fingerprint density at radius 1 is 1.53 bits per heavy atom. The van der Waals surface area contributed by atoms with Crippen molar-refractivity contribution in [3.63, 3.8) is 0 Å². The van der Waals surface area contributed by atoms with Gasteiger partial charge in [0, 0.05) is 16.1 Å². The van der Waals surface area contributed by atoms with Crippen molar-refractivity contribution in [1.82, 2.24) is 4.98 Å². The number of rotatable bonds is 2. The smallest absolute Gasteiger partial charge is 0.307 e. The Morgan fingerprint density at radius 3 is 2.93 bits per heavy atom. The van der Waals surface area contributed by atoms with Crippen molar-refractivity contribution in [3.8, 4) is 0 Å². The number of benzene rings is 1. The third-order valence-electron chi connectivity index (χ3n) is 2.31. The van der Waals surface area contributed by atoms with Crippen LogP contribution in [-0.4, -0.2) is 16.1 Å². The molecule has 0 aliphatic rings.